The highest BCUT2D eigenvalue weighted by Gasteiger charge is 2.44. The predicted octanol–water partition coefficient (Wildman–Crippen LogP) is 9.22. The van der Waals surface area contributed by atoms with Gasteiger partial charge >= 0.3 is 5.97 Å². The lowest BCUT2D eigenvalue weighted by molar-refractivity contribution is 0.0684. The van der Waals surface area contributed by atoms with Crippen LogP contribution in [0.4, 0.5) is 18.9 Å². The summed E-state index contributed by atoms with van der Waals surface area (Å²) < 4.78 is 96.9. The van der Waals surface area contributed by atoms with E-state index in [1.54, 1.807) is 24.3 Å². The average molecular weight is 838 g/mol. The first-order valence-electron chi connectivity index (χ1n) is 18.2. The van der Waals surface area contributed by atoms with Crippen molar-refractivity contribution >= 4 is 70.2 Å². The third-order valence-electron chi connectivity index (χ3n) is 12.3. The normalized spacial score (nSPS) is 16.0. The van der Waals surface area contributed by atoms with Gasteiger partial charge in [-0.15, -0.1) is 22.7 Å². The molecule has 292 valence electrons. The maximum atomic E-state index is 16.9. The Kier molecular flexibility index (Phi) is 7.47. The summed E-state index contributed by atoms with van der Waals surface area (Å²) in [7, 11) is -1.88. The Hall–Kier alpha value is -5.54. The Bertz CT molecular complexity index is 3350. The molecule has 0 saturated carbocycles. The second kappa shape index (κ2) is 11.8. The average Bonchev–Trinajstić information content (AvgIpc) is 3.76. The first-order chi connectivity index (χ1) is 27.3. The third-order valence-corrected chi connectivity index (χ3v) is 15.6. The van der Waals surface area contributed by atoms with Crippen LogP contribution < -0.4 is 24.8 Å². The maximum absolute atomic E-state index is 16.9. The molecule has 5 heterocycles. The molecule has 0 saturated heterocycles. The number of halogens is 3. The molecule has 14 heteroatoms. The summed E-state index contributed by atoms with van der Waals surface area (Å²) in [5.41, 5.74) is -0.188. The summed E-state index contributed by atoms with van der Waals surface area (Å²) in [4.78, 5) is 14.2. The molecular formula is C44H32F3N2O6S3+. The molecule has 0 bridgehead atoms. The molecule has 0 fully saturated rings. The molecule has 0 unspecified atom stereocenters. The summed E-state index contributed by atoms with van der Waals surface area (Å²) in [6.07, 6.45) is 0. The Balaban J connectivity index is 1.41. The molecule has 0 amide bonds. The van der Waals surface area contributed by atoms with Crippen molar-refractivity contribution in [2.24, 2.45) is 0 Å². The lowest BCUT2D eigenvalue weighted by atomic mass is 9.81. The number of thiophene rings is 2. The number of hydrogen-bond donors (Lipinski definition) is 2. The zero-order valence-corrected chi connectivity index (χ0v) is 34.2. The number of anilines is 1. The fraction of sp³-hybridized carbons (Fsp3) is 0.182. The number of ether oxygens (including phenoxy) is 1. The highest BCUT2D eigenvalue weighted by Crippen LogP contribution is 2.56. The highest BCUT2D eigenvalue weighted by atomic mass is 32.2. The van der Waals surface area contributed by atoms with E-state index in [2.05, 4.69) is 37.2 Å². The summed E-state index contributed by atoms with van der Waals surface area (Å²) >= 11 is 3.07. The van der Waals surface area contributed by atoms with Crippen molar-refractivity contribution in [2.75, 3.05) is 19.0 Å². The van der Waals surface area contributed by atoms with Crippen molar-refractivity contribution in [3.63, 3.8) is 0 Å². The Morgan fingerprint density at radius 2 is 1.40 bits per heavy atom. The van der Waals surface area contributed by atoms with Gasteiger partial charge in [0.25, 0.3) is 10.1 Å². The van der Waals surface area contributed by atoms with Crippen LogP contribution in [0.1, 0.15) is 60.3 Å². The smallest absolute Gasteiger partial charge is 0.341 e. The largest absolute Gasteiger partial charge is 0.477 e. The SMILES string of the molecule is CN1c2cc3c(cc2-c2sc4ccccc4c2C1(C)C)C(c1c(F)c(F)c(C(=O)O)c(F)c1S(=O)(=O)O)=c1cc2c(cc1O3)=[N+](C)C(C)(C)c1c-2sc2ccccc12. The molecule has 0 radical (unpaired) electrons. The van der Waals surface area contributed by atoms with E-state index in [-0.39, 0.29) is 27.9 Å². The van der Waals surface area contributed by atoms with Crippen molar-refractivity contribution in [3.05, 3.63) is 129 Å². The van der Waals surface area contributed by atoms with Gasteiger partial charge in [0.1, 0.15) is 29.0 Å². The van der Waals surface area contributed by atoms with E-state index >= 15 is 13.2 Å². The molecule has 0 aliphatic carbocycles. The molecule has 0 spiro atoms. The molecule has 10 rings (SSSR count). The predicted molar refractivity (Wildman–Crippen MR) is 220 cm³/mol. The Morgan fingerprint density at radius 3 is 2.02 bits per heavy atom. The van der Waals surface area contributed by atoms with Crippen LogP contribution in [-0.4, -0.2) is 38.1 Å². The number of benzene rings is 5. The van der Waals surface area contributed by atoms with Crippen LogP contribution in [0.5, 0.6) is 11.5 Å². The van der Waals surface area contributed by atoms with Crippen molar-refractivity contribution < 1.29 is 40.8 Å². The van der Waals surface area contributed by atoms with Crippen molar-refractivity contribution in [1.82, 2.24) is 4.58 Å². The highest BCUT2D eigenvalue weighted by molar-refractivity contribution is 7.86. The maximum Gasteiger partial charge on any atom is 0.341 e. The zero-order valence-electron chi connectivity index (χ0n) is 31.7. The van der Waals surface area contributed by atoms with Gasteiger partial charge in [-0.3, -0.25) is 4.55 Å². The molecule has 2 N–H and O–H groups in total. The molecular weight excluding hydrogens is 806 g/mol. The number of hydrogen-bond acceptors (Lipinski definition) is 7. The fourth-order valence-corrected chi connectivity index (χ4v) is 12.6. The number of carbonyl (C=O) groups is 1. The van der Waals surface area contributed by atoms with Gasteiger partial charge in [-0.2, -0.15) is 8.42 Å². The van der Waals surface area contributed by atoms with Crippen LogP contribution in [0.3, 0.4) is 0 Å². The van der Waals surface area contributed by atoms with E-state index in [9.17, 15) is 22.9 Å². The summed E-state index contributed by atoms with van der Waals surface area (Å²) in [5.74, 6) is -8.22. The van der Waals surface area contributed by atoms with E-state index in [0.29, 0.717) is 11.1 Å². The number of rotatable bonds is 3. The van der Waals surface area contributed by atoms with Crippen LogP contribution in [0.25, 0.3) is 46.6 Å². The van der Waals surface area contributed by atoms with Gasteiger partial charge in [-0.05, 0) is 43.5 Å². The topological polar surface area (TPSA) is 107 Å². The number of carboxylic acids is 1. The zero-order chi connectivity index (χ0) is 41.1. The van der Waals surface area contributed by atoms with Crippen molar-refractivity contribution in [2.45, 2.75) is 43.7 Å². The van der Waals surface area contributed by atoms with Crippen LogP contribution >= 0.6 is 22.7 Å². The van der Waals surface area contributed by atoms with E-state index in [1.807, 2.05) is 62.6 Å². The second-order valence-electron chi connectivity index (χ2n) is 15.9. The van der Waals surface area contributed by atoms with Crippen molar-refractivity contribution in [1.29, 1.82) is 0 Å². The van der Waals surface area contributed by atoms with Gasteiger partial charge in [-0.25, -0.2) is 22.5 Å². The van der Waals surface area contributed by atoms with Crippen LogP contribution in [-0.2, 0) is 21.2 Å². The monoisotopic (exact) mass is 837 g/mol. The van der Waals surface area contributed by atoms with E-state index < -0.39 is 60.6 Å². The molecule has 2 aromatic heterocycles. The minimum atomic E-state index is -5.75. The van der Waals surface area contributed by atoms with Crippen LogP contribution in [0.15, 0.2) is 77.7 Å². The molecule has 7 aromatic rings. The summed E-state index contributed by atoms with van der Waals surface area (Å²) in [6, 6.07) is 22.7. The summed E-state index contributed by atoms with van der Waals surface area (Å²) in [6.45, 7) is 8.38. The molecule has 8 nitrogen and oxygen atoms in total. The van der Waals surface area contributed by atoms with Gasteiger partial charge in [0.05, 0.1) is 22.0 Å². The van der Waals surface area contributed by atoms with E-state index in [1.165, 1.54) is 22.7 Å². The standard InChI is InChI=1S/C44H31F3N2O6S3/c1-43(2)34-19-11-7-9-13-29(19)56-39(34)21-15-23-27(17-25(21)48(43)5)55-28-18-26-22(40-35(44(3,4)49(26)6)20-12-8-10-14-30(20)57-40)16-24(28)31(23)32-36(45)37(46)33(42(50)51)38(47)41(32)58(52,53)54/h7-18H,1-6H3,(H-,50,51,52,53,54)/p+1. The minimum Gasteiger partial charge on any atom is -0.477 e. The molecule has 3 aliphatic rings. The molecule has 5 aromatic carbocycles. The molecule has 58 heavy (non-hydrogen) atoms. The third kappa shape index (κ3) is 4.68. The van der Waals surface area contributed by atoms with Crippen LogP contribution in [0.2, 0.25) is 0 Å². The second-order valence-corrected chi connectivity index (χ2v) is 19.3. The van der Waals surface area contributed by atoms with Gasteiger partial charge in [0.2, 0.25) is 5.36 Å². The quantitative estimate of drug-likeness (QED) is 0.104. The number of aromatic carboxylic acids is 1. The van der Waals surface area contributed by atoms with Gasteiger partial charge in [0.15, 0.2) is 23.0 Å². The van der Waals surface area contributed by atoms with Crippen LogP contribution in [0, 0.1) is 17.5 Å². The number of fused-ring (bicyclic) bond motifs is 12. The van der Waals surface area contributed by atoms with Gasteiger partial charge in [0, 0.05) is 90.9 Å². The van der Waals surface area contributed by atoms with Gasteiger partial charge in [-0.1, -0.05) is 36.4 Å². The summed E-state index contributed by atoms with van der Waals surface area (Å²) in [5, 5.41) is 12.6. The molecule has 0 atom stereocenters. The van der Waals surface area contributed by atoms with Gasteiger partial charge < -0.3 is 14.7 Å². The Labute approximate surface area is 337 Å². The lowest BCUT2D eigenvalue weighted by Crippen LogP contribution is -2.46. The van der Waals surface area contributed by atoms with E-state index in [0.717, 1.165) is 52.1 Å². The van der Waals surface area contributed by atoms with Crippen molar-refractivity contribution in [3.8, 4) is 32.4 Å². The van der Waals surface area contributed by atoms with E-state index in [4.69, 9.17) is 4.74 Å². The first-order valence-corrected chi connectivity index (χ1v) is 21.3. The molecule has 3 aliphatic heterocycles. The number of nitrogens with zero attached hydrogens (tertiary/aromatic N) is 2. The lowest BCUT2D eigenvalue weighted by Gasteiger charge is -2.43. The fourth-order valence-electron chi connectivity index (χ4n) is 9.06. The minimum absolute atomic E-state index is 0.0782. The Morgan fingerprint density at radius 1 is 0.793 bits per heavy atom. The number of carboxylic acid groups (broad SMARTS) is 1. The first kappa shape index (κ1) is 36.8.